The number of nitrogens with two attached hydrogens (primary N) is 1. The van der Waals surface area contributed by atoms with Gasteiger partial charge < -0.3 is 10.3 Å². The molecular weight excluding hydrogens is 210 g/mol. The number of fused-ring (bicyclic) bond motifs is 1. The molecule has 0 spiro atoms. The largest absolute Gasteiger partial charge is 0.347 e. The Kier molecular flexibility index (Phi) is 2.69. The maximum absolute atomic E-state index is 6.13. The molecule has 0 bridgehead atoms. The number of rotatable bonds is 2. The van der Waals surface area contributed by atoms with E-state index in [1.165, 1.54) is 23.2 Å². The van der Waals surface area contributed by atoms with Gasteiger partial charge in [0.05, 0.1) is 0 Å². The third kappa shape index (κ3) is 1.98. The summed E-state index contributed by atoms with van der Waals surface area (Å²) in [6.07, 6.45) is 9.33. The van der Waals surface area contributed by atoms with E-state index >= 15 is 0 Å². The van der Waals surface area contributed by atoms with Crippen LogP contribution in [0, 0.1) is 0 Å². The molecule has 0 amide bonds. The Morgan fingerprint density at radius 2 is 2.12 bits per heavy atom. The van der Waals surface area contributed by atoms with Crippen LogP contribution in [0.3, 0.4) is 0 Å². The van der Waals surface area contributed by atoms with E-state index in [9.17, 15) is 0 Å². The normalized spacial score (nSPS) is 19.0. The lowest BCUT2D eigenvalue weighted by atomic mass is 9.93. The zero-order valence-corrected chi connectivity index (χ0v) is 9.84. The molecule has 88 valence electrons. The fraction of sp³-hybridized carbons (Fsp3) is 0.357. The second kappa shape index (κ2) is 4.34. The van der Waals surface area contributed by atoms with Crippen molar-refractivity contribution in [1.82, 2.24) is 9.55 Å². The van der Waals surface area contributed by atoms with Crippen LogP contribution in [0.5, 0.6) is 0 Å². The Balaban J connectivity index is 1.90. The number of nitrogens with zero attached hydrogens (tertiary/aromatic N) is 2. The Bertz CT molecular complexity index is 501. The van der Waals surface area contributed by atoms with Crippen molar-refractivity contribution >= 4 is 0 Å². The number of hydrogen-bond acceptors (Lipinski definition) is 2. The summed E-state index contributed by atoms with van der Waals surface area (Å²) in [5.74, 6) is 0. The molecule has 1 aliphatic carbocycles. The summed E-state index contributed by atoms with van der Waals surface area (Å²) in [5, 5.41) is 0. The van der Waals surface area contributed by atoms with Crippen molar-refractivity contribution in [2.45, 2.75) is 31.8 Å². The molecule has 0 fully saturated rings. The molecule has 2 aromatic rings. The van der Waals surface area contributed by atoms with Crippen LogP contribution >= 0.6 is 0 Å². The number of pyridine rings is 1. The number of aromatic nitrogens is 2. The van der Waals surface area contributed by atoms with Crippen LogP contribution in [0.1, 0.15) is 35.7 Å². The van der Waals surface area contributed by atoms with E-state index in [2.05, 4.69) is 33.9 Å². The van der Waals surface area contributed by atoms with Crippen molar-refractivity contribution < 1.29 is 0 Å². The lowest BCUT2D eigenvalue weighted by molar-refractivity contribution is 0.548. The monoisotopic (exact) mass is 227 g/mol. The molecule has 2 aromatic heterocycles. The Labute approximate surface area is 101 Å². The molecular formula is C14H17N3. The molecule has 3 nitrogen and oxygen atoms in total. The molecule has 17 heavy (non-hydrogen) atoms. The van der Waals surface area contributed by atoms with Crippen LogP contribution in [0.25, 0.3) is 0 Å². The summed E-state index contributed by atoms with van der Waals surface area (Å²) in [7, 11) is 0. The van der Waals surface area contributed by atoms with Crippen LogP contribution < -0.4 is 5.73 Å². The van der Waals surface area contributed by atoms with E-state index in [1.54, 1.807) is 0 Å². The molecule has 0 saturated carbocycles. The second-order valence-electron chi connectivity index (χ2n) is 4.70. The minimum absolute atomic E-state index is 0.234. The smallest absolute Gasteiger partial charge is 0.0474 e. The van der Waals surface area contributed by atoms with Crippen molar-refractivity contribution in [2.75, 3.05) is 0 Å². The van der Waals surface area contributed by atoms with Crippen LogP contribution in [-0.2, 0) is 13.0 Å². The topological polar surface area (TPSA) is 43.8 Å². The molecule has 2 N–H and O–H groups in total. The van der Waals surface area contributed by atoms with Crippen molar-refractivity contribution in [3.05, 3.63) is 53.6 Å². The third-order valence-corrected chi connectivity index (χ3v) is 3.54. The molecule has 0 aliphatic heterocycles. The average molecular weight is 227 g/mol. The molecule has 2 heterocycles. The van der Waals surface area contributed by atoms with E-state index < -0.39 is 0 Å². The van der Waals surface area contributed by atoms with Gasteiger partial charge in [-0.1, -0.05) is 0 Å². The van der Waals surface area contributed by atoms with Crippen molar-refractivity contribution in [1.29, 1.82) is 0 Å². The molecule has 1 atom stereocenters. The zero-order chi connectivity index (χ0) is 11.7. The van der Waals surface area contributed by atoms with Gasteiger partial charge in [0, 0.05) is 36.9 Å². The molecule has 1 unspecified atom stereocenters. The number of hydrogen-bond donors (Lipinski definition) is 1. The van der Waals surface area contributed by atoms with Crippen LogP contribution in [-0.4, -0.2) is 9.55 Å². The molecule has 0 aromatic carbocycles. The van der Waals surface area contributed by atoms with Gasteiger partial charge in [-0.05, 0) is 48.6 Å². The summed E-state index contributed by atoms with van der Waals surface area (Å²) in [5.41, 5.74) is 10.2. The first-order chi connectivity index (χ1) is 8.34. The maximum atomic E-state index is 6.13. The van der Waals surface area contributed by atoms with Crippen molar-refractivity contribution in [3.63, 3.8) is 0 Å². The molecule has 1 aliphatic rings. The molecule has 0 radical (unpaired) electrons. The zero-order valence-electron chi connectivity index (χ0n) is 9.84. The predicted molar refractivity (Wildman–Crippen MR) is 67.6 cm³/mol. The minimum Gasteiger partial charge on any atom is -0.347 e. The Morgan fingerprint density at radius 1 is 1.29 bits per heavy atom. The second-order valence-corrected chi connectivity index (χ2v) is 4.70. The van der Waals surface area contributed by atoms with Gasteiger partial charge in [0.15, 0.2) is 0 Å². The van der Waals surface area contributed by atoms with Gasteiger partial charge >= 0.3 is 0 Å². The minimum atomic E-state index is 0.234. The van der Waals surface area contributed by atoms with E-state index in [4.69, 9.17) is 5.73 Å². The predicted octanol–water partition coefficient (Wildman–Crippen LogP) is 2.27. The first-order valence-corrected chi connectivity index (χ1v) is 6.17. The fourth-order valence-corrected chi connectivity index (χ4v) is 2.63. The fourth-order valence-electron chi connectivity index (χ4n) is 2.63. The summed E-state index contributed by atoms with van der Waals surface area (Å²) < 4.78 is 2.32. The average Bonchev–Trinajstić information content (AvgIpc) is 2.76. The van der Waals surface area contributed by atoms with Gasteiger partial charge in [-0.25, -0.2) is 0 Å². The quantitative estimate of drug-likeness (QED) is 0.855. The highest BCUT2D eigenvalue weighted by Crippen LogP contribution is 2.29. The Hall–Kier alpha value is -1.61. The highest BCUT2D eigenvalue weighted by atomic mass is 15.0. The van der Waals surface area contributed by atoms with Gasteiger partial charge in [0.1, 0.15) is 0 Å². The SMILES string of the molecule is NC1CCCc2c1ccn2Cc1ccncc1. The highest BCUT2D eigenvalue weighted by Gasteiger charge is 2.19. The van der Waals surface area contributed by atoms with Crippen LogP contribution in [0.15, 0.2) is 36.8 Å². The summed E-state index contributed by atoms with van der Waals surface area (Å²) in [6, 6.07) is 6.54. The summed E-state index contributed by atoms with van der Waals surface area (Å²) in [4.78, 5) is 4.04. The standard InChI is InChI=1S/C14H17N3/c15-13-2-1-3-14-12(13)6-9-17(14)10-11-4-7-16-8-5-11/h4-9,13H,1-3,10,15H2. The molecule has 0 saturated heterocycles. The first kappa shape index (κ1) is 10.5. The van der Waals surface area contributed by atoms with Gasteiger partial charge in [0.2, 0.25) is 0 Å². The maximum Gasteiger partial charge on any atom is 0.0474 e. The highest BCUT2D eigenvalue weighted by molar-refractivity contribution is 5.29. The van der Waals surface area contributed by atoms with Gasteiger partial charge in [-0.2, -0.15) is 0 Å². The summed E-state index contributed by atoms with van der Waals surface area (Å²) in [6.45, 7) is 0.921. The van der Waals surface area contributed by atoms with Gasteiger partial charge in [0.25, 0.3) is 0 Å². The van der Waals surface area contributed by atoms with Crippen molar-refractivity contribution in [2.24, 2.45) is 5.73 Å². The van der Waals surface area contributed by atoms with Gasteiger partial charge in [-0.15, -0.1) is 0 Å². The Morgan fingerprint density at radius 3 is 2.94 bits per heavy atom. The lowest BCUT2D eigenvalue weighted by Gasteiger charge is -2.21. The van der Waals surface area contributed by atoms with E-state index in [-0.39, 0.29) is 6.04 Å². The van der Waals surface area contributed by atoms with E-state index in [1.807, 2.05) is 12.4 Å². The van der Waals surface area contributed by atoms with E-state index in [0.717, 1.165) is 19.4 Å². The van der Waals surface area contributed by atoms with Crippen LogP contribution in [0.2, 0.25) is 0 Å². The van der Waals surface area contributed by atoms with Gasteiger partial charge in [-0.3, -0.25) is 4.98 Å². The molecule has 3 heteroatoms. The first-order valence-electron chi connectivity index (χ1n) is 6.17. The van der Waals surface area contributed by atoms with Crippen molar-refractivity contribution in [3.8, 4) is 0 Å². The van der Waals surface area contributed by atoms with Crippen LogP contribution in [0.4, 0.5) is 0 Å². The molecule has 3 rings (SSSR count). The summed E-state index contributed by atoms with van der Waals surface area (Å²) >= 11 is 0. The lowest BCUT2D eigenvalue weighted by Crippen LogP contribution is -2.18. The third-order valence-electron chi connectivity index (χ3n) is 3.54. The van der Waals surface area contributed by atoms with E-state index in [0.29, 0.717) is 0 Å².